The topological polar surface area (TPSA) is 26.0 Å². The first-order chi connectivity index (χ1) is 6.68. The van der Waals surface area contributed by atoms with Crippen LogP contribution in [0.15, 0.2) is 18.2 Å². The van der Waals surface area contributed by atoms with Crippen molar-refractivity contribution in [1.82, 2.24) is 0 Å². The summed E-state index contributed by atoms with van der Waals surface area (Å²) in [6.45, 7) is 0. The molecule has 1 nitrogen and oxygen atoms in total. The van der Waals surface area contributed by atoms with Gasteiger partial charge in [-0.25, -0.2) is 4.39 Å². The van der Waals surface area contributed by atoms with E-state index in [-0.39, 0.29) is 24.3 Å². The van der Waals surface area contributed by atoms with Gasteiger partial charge in [0.25, 0.3) is 0 Å². The van der Waals surface area contributed by atoms with Gasteiger partial charge in [-0.1, -0.05) is 18.0 Å². The minimum Gasteiger partial charge on any atom is -0.324 e. The summed E-state index contributed by atoms with van der Waals surface area (Å²) in [6, 6.07) is 4.38. The minimum atomic E-state index is -0.242. The second-order valence-electron chi connectivity index (χ2n) is 3.88. The summed E-state index contributed by atoms with van der Waals surface area (Å²) in [5.41, 5.74) is 6.53. The lowest BCUT2D eigenvalue weighted by Crippen LogP contribution is -2.27. The van der Waals surface area contributed by atoms with Crippen molar-refractivity contribution in [3.8, 4) is 0 Å². The molecular weight excluding hydrogens is 236 g/mol. The van der Waals surface area contributed by atoms with E-state index in [9.17, 15) is 4.39 Å². The molecule has 1 fully saturated rings. The highest BCUT2D eigenvalue weighted by atomic mass is 35.5. The molecule has 1 aliphatic carbocycles. The van der Waals surface area contributed by atoms with Gasteiger partial charge in [0.2, 0.25) is 0 Å². The quantitative estimate of drug-likeness (QED) is 0.850. The van der Waals surface area contributed by atoms with Crippen molar-refractivity contribution >= 4 is 24.0 Å². The summed E-state index contributed by atoms with van der Waals surface area (Å²) in [4.78, 5) is 0. The van der Waals surface area contributed by atoms with Crippen LogP contribution in [-0.2, 0) is 0 Å². The zero-order valence-corrected chi connectivity index (χ0v) is 9.82. The molecule has 84 valence electrons. The molecule has 2 N–H and O–H groups in total. The molecule has 1 saturated carbocycles. The fourth-order valence-corrected chi connectivity index (χ4v) is 2.00. The first-order valence-corrected chi connectivity index (χ1v) is 5.27. The molecule has 0 aromatic heterocycles. The maximum Gasteiger partial charge on any atom is 0.128 e. The first-order valence-electron chi connectivity index (χ1n) is 4.89. The summed E-state index contributed by atoms with van der Waals surface area (Å²) in [7, 11) is 0. The van der Waals surface area contributed by atoms with E-state index in [2.05, 4.69) is 0 Å². The van der Waals surface area contributed by atoms with Crippen LogP contribution in [0.3, 0.4) is 0 Å². The Balaban J connectivity index is 0.00000112. The van der Waals surface area contributed by atoms with Crippen LogP contribution in [0, 0.1) is 11.7 Å². The standard InChI is InChI=1S/C11H13ClFN.ClH/c12-8-4-5-10(13)9(6-8)11(14)7-2-1-3-7;/h4-7,11H,1-3,14H2;1H/t11-;/m1./s1. The first kappa shape index (κ1) is 12.8. The van der Waals surface area contributed by atoms with Crippen LogP contribution in [0.25, 0.3) is 0 Å². The molecule has 0 unspecified atom stereocenters. The number of rotatable bonds is 2. The van der Waals surface area contributed by atoms with E-state index in [0.29, 0.717) is 16.5 Å². The van der Waals surface area contributed by atoms with Crippen LogP contribution < -0.4 is 5.73 Å². The van der Waals surface area contributed by atoms with Gasteiger partial charge in [0.05, 0.1) is 0 Å². The average Bonchev–Trinajstić information content (AvgIpc) is 2.06. The fourth-order valence-electron chi connectivity index (χ4n) is 1.82. The lowest BCUT2D eigenvalue weighted by molar-refractivity contribution is 0.260. The van der Waals surface area contributed by atoms with Crippen LogP contribution >= 0.6 is 24.0 Å². The van der Waals surface area contributed by atoms with Crippen LogP contribution in [0.1, 0.15) is 30.9 Å². The number of benzene rings is 1. The van der Waals surface area contributed by atoms with Crippen molar-refractivity contribution in [1.29, 1.82) is 0 Å². The summed E-state index contributed by atoms with van der Waals surface area (Å²) in [5.74, 6) is 0.191. The molecule has 0 saturated heterocycles. The molecule has 0 radical (unpaired) electrons. The predicted molar refractivity (Wildman–Crippen MR) is 62.9 cm³/mol. The van der Waals surface area contributed by atoms with Gasteiger partial charge in [0.15, 0.2) is 0 Å². The third kappa shape index (κ3) is 2.63. The molecule has 2 rings (SSSR count). The second kappa shape index (κ2) is 5.15. The zero-order valence-electron chi connectivity index (χ0n) is 8.25. The van der Waals surface area contributed by atoms with Crippen LogP contribution in [0.4, 0.5) is 4.39 Å². The zero-order chi connectivity index (χ0) is 10.1. The number of nitrogens with two attached hydrogens (primary N) is 1. The maximum absolute atomic E-state index is 13.4. The molecule has 0 bridgehead atoms. The molecule has 0 amide bonds. The molecule has 1 aromatic rings. The highest BCUT2D eigenvalue weighted by Crippen LogP contribution is 2.37. The van der Waals surface area contributed by atoms with Crippen LogP contribution in [-0.4, -0.2) is 0 Å². The molecular formula is C11H14Cl2FN. The van der Waals surface area contributed by atoms with E-state index in [1.165, 1.54) is 12.5 Å². The Morgan fingerprint density at radius 2 is 2.07 bits per heavy atom. The molecule has 1 atom stereocenters. The third-order valence-electron chi connectivity index (χ3n) is 2.97. The smallest absolute Gasteiger partial charge is 0.128 e. The van der Waals surface area contributed by atoms with Crippen molar-refractivity contribution in [3.63, 3.8) is 0 Å². The number of hydrogen-bond acceptors (Lipinski definition) is 1. The maximum atomic E-state index is 13.4. The van der Waals surface area contributed by atoms with Gasteiger partial charge in [0.1, 0.15) is 5.82 Å². The van der Waals surface area contributed by atoms with E-state index in [1.54, 1.807) is 12.1 Å². The monoisotopic (exact) mass is 249 g/mol. The Morgan fingerprint density at radius 3 is 2.60 bits per heavy atom. The van der Waals surface area contributed by atoms with Gasteiger partial charge in [0, 0.05) is 16.6 Å². The minimum absolute atomic E-state index is 0. The van der Waals surface area contributed by atoms with Gasteiger partial charge in [-0.3, -0.25) is 0 Å². The SMILES string of the molecule is Cl.N[C@@H](c1cc(Cl)ccc1F)C1CCC1. The Kier molecular flexibility index (Phi) is 4.38. The molecule has 0 spiro atoms. The summed E-state index contributed by atoms with van der Waals surface area (Å²) in [5, 5.41) is 0.552. The normalized spacial score (nSPS) is 17.8. The lowest BCUT2D eigenvalue weighted by Gasteiger charge is -2.31. The van der Waals surface area contributed by atoms with Gasteiger partial charge in [-0.05, 0) is 37.0 Å². The highest BCUT2D eigenvalue weighted by Gasteiger charge is 2.27. The van der Waals surface area contributed by atoms with E-state index in [1.807, 2.05) is 0 Å². The van der Waals surface area contributed by atoms with E-state index in [4.69, 9.17) is 17.3 Å². The molecule has 0 heterocycles. The Labute approximate surface area is 100 Å². The Hall–Kier alpha value is -0.310. The van der Waals surface area contributed by atoms with Crippen molar-refractivity contribution in [3.05, 3.63) is 34.6 Å². The third-order valence-corrected chi connectivity index (χ3v) is 3.21. The Morgan fingerprint density at radius 1 is 1.40 bits per heavy atom. The number of halogens is 3. The van der Waals surface area contributed by atoms with Crippen LogP contribution in [0.5, 0.6) is 0 Å². The van der Waals surface area contributed by atoms with Crippen molar-refractivity contribution in [2.24, 2.45) is 11.7 Å². The largest absolute Gasteiger partial charge is 0.324 e. The van der Waals surface area contributed by atoms with E-state index < -0.39 is 0 Å². The second-order valence-corrected chi connectivity index (χ2v) is 4.32. The van der Waals surface area contributed by atoms with Gasteiger partial charge in [-0.15, -0.1) is 12.4 Å². The number of hydrogen-bond donors (Lipinski definition) is 1. The van der Waals surface area contributed by atoms with Crippen molar-refractivity contribution < 1.29 is 4.39 Å². The fraction of sp³-hybridized carbons (Fsp3) is 0.455. The summed E-state index contributed by atoms with van der Waals surface area (Å²) < 4.78 is 13.4. The Bertz CT molecular complexity index is 339. The highest BCUT2D eigenvalue weighted by molar-refractivity contribution is 6.30. The van der Waals surface area contributed by atoms with Crippen molar-refractivity contribution in [2.45, 2.75) is 25.3 Å². The summed E-state index contributed by atoms with van der Waals surface area (Å²) in [6.07, 6.45) is 3.42. The van der Waals surface area contributed by atoms with E-state index >= 15 is 0 Å². The molecule has 4 heteroatoms. The molecule has 0 aliphatic heterocycles. The molecule has 1 aromatic carbocycles. The van der Waals surface area contributed by atoms with Gasteiger partial charge in [-0.2, -0.15) is 0 Å². The average molecular weight is 250 g/mol. The molecule has 15 heavy (non-hydrogen) atoms. The summed E-state index contributed by atoms with van der Waals surface area (Å²) >= 11 is 5.80. The van der Waals surface area contributed by atoms with Crippen molar-refractivity contribution in [2.75, 3.05) is 0 Å². The van der Waals surface area contributed by atoms with Gasteiger partial charge < -0.3 is 5.73 Å². The lowest BCUT2D eigenvalue weighted by atomic mass is 9.77. The van der Waals surface area contributed by atoms with Gasteiger partial charge >= 0.3 is 0 Å². The van der Waals surface area contributed by atoms with E-state index in [0.717, 1.165) is 12.8 Å². The van der Waals surface area contributed by atoms with Crippen LogP contribution in [0.2, 0.25) is 5.02 Å². The molecule has 1 aliphatic rings. The predicted octanol–water partition coefficient (Wildman–Crippen LogP) is 3.70.